The van der Waals surface area contributed by atoms with Crippen molar-refractivity contribution in [3.63, 3.8) is 0 Å². The molecule has 0 atom stereocenters. The van der Waals surface area contributed by atoms with Crippen molar-refractivity contribution in [2.45, 2.75) is 103 Å². The first-order chi connectivity index (χ1) is 7.65. The van der Waals surface area contributed by atoms with E-state index in [1.54, 1.807) is 0 Å². The van der Waals surface area contributed by atoms with E-state index in [2.05, 4.69) is 90.0 Å². The van der Waals surface area contributed by atoms with Gasteiger partial charge in [-0.05, 0) is 16.7 Å². The van der Waals surface area contributed by atoms with E-state index < -0.39 is 0 Å². The third-order valence-electron chi connectivity index (χ3n) is 0.500. The fourth-order valence-electron chi connectivity index (χ4n) is 0. The van der Waals surface area contributed by atoms with Gasteiger partial charge in [-0.1, -0.05) is 103 Å². The second-order valence-electron chi connectivity index (χ2n) is 8.73. The molecular weight excluding hydrogens is 216 g/mol. The van der Waals surface area contributed by atoms with Crippen molar-refractivity contribution in [2.24, 2.45) is 16.7 Å². The van der Waals surface area contributed by atoms with E-state index in [9.17, 15) is 0 Å². The van der Waals surface area contributed by atoms with Gasteiger partial charge in [0.15, 0.2) is 0 Å². The average molecular weight is 261 g/mol. The minimum atomic E-state index is 0.500. The molecule has 116 valence electrons. The summed E-state index contributed by atoms with van der Waals surface area (Å²) in [5.74, 6) is 0.833. The molecule has 0 radical (unpaired) electrons. The minimum absolute atomic E-state index is 0.500. The van der Waals surface area contributed by atoms with Crippen molar-refractivity contribution in [2.75, 3.05) is 0 Å². The van der Waals surface area contributed by atoms with E-state index in [4.69, 9.17) is 0 Å². The van der Waals surface area contributed by atoms with Crippen LogP contribution in [0.2, 0.25) is 0 Å². The molecule has 0 nitrogen and oxygen atoms in total. The summed E-state index contributed by atoms with van der Waals surface area (Å²) in [6, 6.07) is 0. The molecule has 0 fully saturated rings. The lowest BCUT2D eigenvalue weighted by molar-refractivity contribution is 0.469. The van der Waals surface area contributed by atoms with E-state index >= 15 is 0 Å². The molecule has 0 aliphatic heterocycles. The van der Waals surface area contributed by atoms with Crippen LogP contribution in [0.3, 0.4) is 0 Å². The van der Waals surface area contributed by atoms with Crippen LogP contribution in [0, 0.1) is 16.7 Å². The average Bonchev–Trinajstić information content (AvgIpc) is 1.96. The number of hydrogen-bond acceptors (Lipinski definition) is 0. The molecule has 0 amide bonds. The van der Waals surface area contributed by atoms with Crippen molar-refractivity contribution >= 4 is 0 Å². The molecule has 0 spiro atoms. The topological polar surface area (TPSA) is 0 Å². The summed E-state index contributed by atoms with van der Waals surface area (Å²) in [6.45, 7) is 28.4. The van der Waals surface area contributed by atoms with Crippen LogP contribution in [0.5, 0.6) is 0 Å². The second kappa shape index (κ2) is 15.1. The van der Waals surface area contributed by atoms with Gasteiger partial charge in [0, 0.05) is 0 Å². The van der Waals surface area contributed by atoms with Crippen molar-refractivity contribution < 1.29 is 0 Å². The Morgan fingerprint density at radius 2 is 0.611 bits per heavy atom. The lowest BCUT2D eigenvalue weighted by atomic mass is 10.0. The van der Waals surface area contributed by atoms with Crippen molar-refractivity contribution in [3.8, 4) is 0 Å². The predicted molar refractivity (Wildman–Crippen MR) is 91.4 cm³/mol. The Kier molecular flexibility index (Phi) is 22.2. The Hall–Kier alpha value is 0. The SMILES string of the molecule is CC(C)(C)C.CC(C)(C)C.CC(C)C.CCCC. The van der Waals surface area contributed by atoms with Crippen molar-refractivity contribution in [1.82, 2.24) is 0 Å². The highest BCUT2D eigenvalue weighted by Gasteiger charge is 1.96. The summed E-state index contributed by atoms with van der Waals surface area (Å²) in [7, 11) is 0. The van der Waals surface area contributed by atoms with Crippen molar-refractivity contribution in [1.29, 1.82) is 0 Å². The zero-order chi connectivity index (χ0) is 16.0. The van der Waals surface area contributed by atoms with Crippen LogP contribution in [0.15, 0.2) is 0 Å². The molecule has 0 N–H and O–H groups in total. The highest BCUT2D eigenvalue weighted by atomic mass is 14.0. The van der Waals surface area contributed by atoms with Crippen LogP contribution in [0.1, 0.15) is 103 Å². The van der Waals surface area contributed by atoms with Gasteiger partial charge in [0.2, 0.25) is 0 Å². The summed E-state index contributed by atoms with van der Waals surface area (Å²) in [4.78, 5) is 0. The number of hydrogen-bond donors (Lipinski definition) is 0. The minimum Gasteiger partial charge on any atom is -0.0654 e. The zero-order valence-electron chi connectivity index (χ0n) is 16.0. The number of rotatable bonds is 1. The van der Waals surface area contributed by atoms with Crippen LogP contribution in [-0.2, 0) is 0 Å². The van der Waals surface area contributed by atoms with Gasteiger partial charge in [0.1, 0.15) is 0 Å². The summed E-state index contributed by atoms with van der Waals surface area (Å²) in [5.41, 5.74) is 1.00. The maximum absolute atomic E-state index is 2.19. The fraction of sp³-hybridized carbons (Fsp3) is 1.00. The van der Waals surface area contributed by atoms with Gasteiger partial charge < -0.3 is 0 Å². The lowest BCUT2D eigenvalue weighted by Crippen LogP contribution is -1.93. The molecule has 0 heterocycles. The van der Waals surface area contributed by atoms with Gasteiger partial charge in [0.25, 0.3) is 0 Å². The molecule has 0 aliphatic carbocycles. The quantitative estimate of drug-likeness (QED) is 0.456. The summed E-state index contributed by atoms with van der Waals surface area (Å²) in [6.07, 6.45) is 2.64. The standard InChI is InChI=1S/2C5H12.2C4H10/c2*1-5(2,3)4;1-4(2)3;1-3-4-2/h2*1-4H3;4H,1-3H3;3-4H2,1-2H3. The highest BCUT2D eigenvalue weighted by molar-refractivity contribution is 4.47. The van der Waals surface area contributed by atoms with E-state index in [1.807, 2.05) is 0 Å². The Labute approximate surface area is 120 Å². The molecule has 0 aromatic carbocycles. The van der Waals surface area contributed by atoms with Crippen LogP contribution in [0.25, 0.3) is 0 Å². The highest BCUT2D eigenvalue weighted by Crippen LogP contribution is 2.08. The first kappa shape index (κ1) is 26.5. The van der Waals surface area contributed by atoms with Gasteiger partial charge in [0.05, 0.1) is 0 Å². The molecule has 0 rings (SSSR count). The predicted octanol–water partition coefficient (Wildman–Crippen LogP) is 7.57. The fourth-order valence-corrected chi connectivity index (χ4v) is 0. The third kappa shape index (κ3) is 3600. The normalized spacial score (nSPS) is 10.3. The monoisotopic (exact) mass is 260 g/mol. The molecule has 0 aromatic heterocycles. The summed E-state index contributed by atoms with van der Waals surface area (Å²) < 4.78 is 0. The first-order valence-corrected chi connectivity index (χ1v) is 7.65. The smallest absolute Gasteiger partial charge is 0.0411 e. The molecule has 0 aromatic rings. The van der Waals surface area contributed by atoms with Gasteiger partial charge in [-0.3, -0.25) is 0 Å². The Morgan fingerprint density at radius 3 is 0.611 bits per heavy atom. The zero-order valence-corrected chi connectivity index (χ0v) is 16.0. The molecule has 18 heavy (non-hydrogen) atoms. The van der Waals surface area contributed by atoms with E-state index in [-0.39, 0.29) is 0 Å². The van der Waals surface area contributed by atoms with E-state index in [0.29, 0.717) is 10.8 Å². The molecule has 0 heteroatoms. The third-order valence-corrected chi connectivity index (χ3v) is 0.500. The molecule has 0 saturated heterocycles. The van der Waals surface area contributed by atoms with Gasteiger partial charge in [-0.15, -0.1) is 0 Å². The van der Waals surface area contributed by atoms with E-state index in [1.165, 1.54) is 12.8 Å². The van der Waals surface area contributed by atoms with E-state index in [0.717, 1.165) is 5.92 Å². The largest absolute Gasteiger partial charge is 0.0654 e. The number of unbranched alkanes of at least 4 members (excludes halogenated alkanes) is 1. The molecule has 0 aliphatic rings. The summed E-state index contributed by atoms with van der Waals surface area (Å²) >= 11 is 0. The first-order valence-electron chi connectivity index (χ1n) is 7.65. The molecular formula is C18H44. The van der Waals surface area contributed by atoms with Crippen LogP contribution < -0.4 is 0 Å². The Morgan fingerprint density at radius 1 is 0.556 bits per heavy atom. The van der Waals surface area contributed by atoms with Crippen LogP contribution in [0.4, 0.5) is 0 Å². The van der Waals surface area contributed by atoms with Gasteiger partial charge in [-0.25, -0.2) is 0 Å². The molecule has 0 unspecified atom stereocenters. The second-order valence-corrected chi connectivity index (χ2v) is 8.73. The van der Waals surface area contributed by atoms with Crippen LogP contribution >= 0.6 is 0 Å². The lowest BCUT2D eigenvalue weighted by Gasteiger charge is -2.05. The van der Waals surface area contributed by atoms with Crippen molar-refractivity contribution in [3.05, 3.63) is 0 Å². The van der Waals surface area contributed by atoms with Crippen LogP contribution in [-0.4, -0.2) is 0 Å². The Balaban J connectivity index is -0.0000000731. The van der Waals surface area contributed by atoms with Gasteiger partial charge >= 0.3 is 0 Å². The molecule has 0 saturated carbocycles. The maximum Gasteiger partial charge on any atom is -0.0411 e. The summed E-state index contributed by atoms with van der Waals surface area (Å²) in [5, 5.41) is 0. The Bertz CT molecular complexity index is 89.2. The maximum atomic E-state index is 2.19. The molecule has 0 bridgehead atoms. The van der Waals surface area contributed by atoms with Gasteiger partial charge in [-0.2, -0.15) is 0 Å².